The first-order chi connectivity index (χ1) is 5.97. The molecule has 4 nitrogen and oxygen atoms in total. The zero-order chi connectivity index (χ0) is 10.1. The van der Waals surface area contributed by atoms with Gasteiger partial charge in [0.15, 0.2) is 9.84 Å². The van der Waals surface area contributed by atoms with Gasteiger partial charge in [0.1, 0.15) is 0 Å². The molecule has 0 N–H and O–H groups in total. The lowest BCUT2D eigenvalue weighted by molar-refractivity contribution is -0.140. The van der Waals surface area contributed by atoms with Crippen LogP contribution in [0.5, 0.6) is 0 Å². The van der Waals surface area contributed by atoms with E-state index >= 15 is 0 Å². The highest BCUT2D eigenvalue weighted by Crippen LogP contribution is 2.23. The minimum absolute atomic E-state index is 0.0422. The van der Waals surface area contributed by atoms with Gasteiger partial charge in [0.05, 0.1) is 24.5 Å². The largest absolute Gasteiger partial charge is 0.469 e. The van der Waals surface area contributed by atoms with E-state index in [4.69, 9.17) is 0 Å². The highest BCUT2D eigenvalue weighted by molar-refractivity contribution is 7.92. The molecule has 0 aromatic carbocycles. The fourth-order valence-electron chi connectivity index (χ4n) is 1.30. The molecule has 0 radical (unpaired) electrons. The number of carbonyl (C=O) groups is 1. The summed E-state index contributed by atoms with van der Waals surface area (Å²) in [5.74, 6) is -0.441. The summed E-state index contributed by atoms with van der Waals surface area (Å²) in [6, 6.07) is 0. The number of sulfone groups is 1. The molecule has 0 amide bonds. The van der Waals surface area contributed by atoms with E-state index in [9.17, 15) is 13.2 Å². The van der Waals surface area contributed by atoms with Crippen molar-refractivity contribution in [1.29, 1.82) is 0 Å². The monoisotopic (exact) mass is 204 g/mol. The van der Waals surface area contributed by atoms with Crippen LogP contribution in [0.1, 0.15) is 13.3 Å². The molecule has 5 heteroatoms. The minimum atomic E-state index is -3.13. The maximum atomic E-state index is 11.4. The standard InChI is InChI=1S/C8H12O4S/c1-6-3-4-13(10,11)7(6)5-8(9)12-2/h3,7H,4-5H2,1-2H3. The summed E-state index contributed by atoms with van der Waals surface area (Å²) >= 11 is 0. The number of hydrogen-bond acceptors (Lipinski definition) is 4. The van der Waals surface area contributed by atoms with Crippen molar-refractivity contribution >= 4 is 15.8 Å². The van der Waals surface area contributed by atoms with E-state index < -0.39 is 21.1 Å². The number of esters is 1. The van der Waals surface area contributed by atoms with Crippen molar-refractivity contribution in [3.8, 4) is 0 Å². The van der Waals surface area contributed by atoms with Crippen LogP contribution in [0, 0.1) is 0 Å². The summed E-state index contributed by atoms with van der Waals surface area (Å²) in [4.78, 5) is 10.9. The molecule has 0 aliphatic carbocycles. The van der Waals surface area contributed by atoms with Gasteiger partial charge in [0.2, 0.25) is 0 Å². The van der Waals surface area contributed by atoms with Crippen LogP contribution in [-0.2, 0) is 19.4 Å². The fourth-order valence-corrected chi connectivity index (χ4v) is 3.08. The van der Waals surface area contributed by atoms with Crippen molar-refractivity contribution in [2.75, 3.05) is 12.9 Å². The van der Waals surface area contributed by atoms with Crippen LogP contribution in [0.3, 0.4) is 0 Å². The van der Waals surface area contributed by atoms with Gasteiger partial charge in [-0.3, -0.25) is 4.79 Å². The maximum absolute atomic E-state index is 11.4. The SMILES string of the molecule is COC(=O)CC1C(C)=CCS1(=O)=O. The van der Waals surface area contributed by atoms with E-state index in [2.05, 4.69) is 4.74 Å². The smallest absolute Gasteiger partial charge is 0.307 e. The summed E-state index contributed by atoms with van der Waals surface area (Å²) < 4.78 is 27.2. The summed E-state index contributed by atoms with van der Waals surface area (Å²) in [6.45, 7) is 1.72. The Kier molecular flexibility index (Phi) is 2.75. The fraction of sp³-hybridized carbons (Fsp3) is 0.625. The molecule has 1 aliphatic heterocycles. The van der Waals surface area contributed by atoms with Gasteiger partial charge in [0, 0.05) is 0 Å². The van der Waals surface area contributed by atoms with Gasteiger partial charge in [-0.05, 0) is 6.92 Å². The quantitative estimate of drug-likeness (QED) is 0.479. The topological polar surface area (TPSA) is 60.4 Å². The Labute approximate surface area is 77.5 Å². The Morgan fingerprint density at radius 3 is 2.69 bits per heavy atom. The van der Waals surface area contributed by atoms with E-state index in [0.717, 1.165) is 5.57 Å². The van der Waals surface area contributed by atoms with Crippen LogP contribution >= 0.6 is 0 Å². The maximum Gasteiger partial charge on any atom is 0.307 e. The molecular weight excluding hydrogens is 192 g/mol. The molecule has 1 atom stereocenters. The van der Waals surface area contributed by atoms with Gasteiger partial charge < -0.3 is 4.74 Å². The lowest BCUT2D eigenvalue weighted by atomic mass is 10.1. The second kappa shape index (κ2) is 3.49. The van der Waals surface area contributed by atoms with E-state index in [1.165, 1.54) is 7.11 Å². The number of hydrogen-bond donors (Lipinski definition) is 0. The Morgan fingerprint density at radius 1 is 1.69 bits per heavy atom. The van der Waals surface area contributed by atoms with Gasteiger partial charge in [0.25, 0.3) is 0 Å². The van der Waals surface area contributed by atoms with Crippen molar-refractivity contribution < 1.29 is 17.9 Å². The summed E-state index contributed by atoms with van der Waals surface area (Å²) in [5.41, 5.74) is 0.741. The molecule has 1 heterocycles. The van der Waals surface area contributed by atoms with Crippen molar-refractivity contribution in [3.05, 3.63) is 11.6 Å². The predicted octanol–water partition coefficient (Wildman–Crippen LogP) is 0.293. The summed E-state index contributed by atoms with van der Waals surface area (Å²) in [7, 11) is -1.88. The number of methoxy groups -OCH3 is 1. The van der Waals surface area contributed by atoms with Gasteiger partial charge >= 0.3 is 5.97 Å². The molecular formula is C8H12O4S. The third kappa shape index (κ3) is 2.09. The van der Waals surface area contributed by atoms with Crippen LogP contribution in [0.2, 0.25) is 0 Å². The Morgan fingerprint density at radius 2 is 2.31 bits per heavy atom. The predicted molar refractivity (Wildman–Crippen MR) is 48.0 cm³/mol. The van der Waals surface area contributed by atoms with Gasteiger partial charge in [-0.25, -0.2) is 8.42 Å². The van der Waals surface area contributed by atoms with Crippen molar-refractivity contribution in [3.63, 3.8) is 0 Å². The first kappa shape index (κ1) is 10.2. The lowest BCUT2D eigenvalue weighted by Crippen LogP contribution is -2.23. The summed E-state index contributed by atoms with van der Waals surface area (Å²) in [5, 5.41) is -0.667. The number of rotatable bonds is 2. The van der Waals surface area contributed by atoms with Gasteiger partial charge in [-0.2, -0.15) is 0 Å². The molecule has 0 aromatic heterocycles. The molecule has 0 aromatic rings. The van der Waals surface area contributed by atoms with Gasteiger partial charge in [-0.1, -0.05) is 11.6 Å². The Balaban J connectivity index is 2.79. The highest BCUT2D eigenvalue weighted by Gasteiger charge is 2.33. The van der Waals surface area contributed by atoms with Crippen LogP contribution in [-0.4, -0.2) is 32.5 Å². The van der Waals surface area contributed by atoms with Crippen LogP contribution in [0.4, 0.5) is 0 Å². The molecule has 0 saturated carbocycles. The molecule has 1 rings (SSSR count). The number of ether oxygens (including phenoxy) is 1. The Hall–Kier alpha value is -0.840. The highest BCUT2D eigenvalue weighted by atomic mass is 32.2. The van der Waals surface area contributed by atoms with E-state index in [0.29, 0.717) is 0 Å². The van der Waals surface area contributed by atoms with Crippen molar-refractivity contribution in [2.24, 2.45) is 0 Å². The normalized spacial score (nSPS) is 25.4. The van der Waals surface area contributed by atoms with E-state index in [1.807, 2.05) is 0 Å². The van der Waals surface area contributed by atoms with Crippen LogP contribution < -0.4 is 0 Å². The molecule has 1 aliphatic rings. The average molecular weight is 204 g/mol. The van der Waals surface area contributed by atoms with Gasteiger partial charge in [-0.15, -0.1) is 0 Å². The first-order valence-corrected chi connectivity index (χ1v) is 5.64. The minimum Gasteiger partial charge on any atom is -0.469 e. The molecule has 0 saturated heterocycles. The third-order valence-electron chi connectivity index (χ3n) is 2.16. The van der Waals surface area contributed by atoms with Crippen molar-refractivity contribution in [2.45, 2.75) is 18.6 Å². The molecule has 0 bridgehead atoms. The summed E-state index contributed by atoms with van der Waals surface area (Å²) in [6.07, 6.45) is 1.57. The molecule has 74 valence electrons. The third-order valence-corrected chi connectivity index (χ3v) is 4.20. The average Bonchev–Trinajstić information content (AvgIpc) is 2.31. The van der Waals surface area contributed by atoms with Crippen LogP contribution in [0.15, 0.2) is 11.6 Å². The molecule has 0 spiro atoms. The van der Waals surface area contributed by atoms with E-state index in [-0.39, 0.29) is 12.2 Å². The molecule has 1 unspecified atom stereocenters. The second-order valence-corrected chi connectivity index (χ2v) is 5.27. The zero-order valence-corrected chi connectivity index (χ0v) is 8.43. The Bertz CT molecular complexity index is 339. The molecule has 13 heavy (non-hydrogen) atoms. The zero-order valence-electron chi connectivity index (χ0n) is 7.61. The van der Waals surface area contributed by atoms with Crippen molar-refractivity contribution in [1.82, 2.24) is 0 Å². The number of carbonyl (C=O) groups excluding carboxylic acids is 1. The van der Waals surface area contributed by atoms with E-state index in [1.54, 1.807) is 13.0 Å². The molecule has 0 fully saturated rings. The lowest BCUT2D eigenvalue weighted by Gasteiger charge is -2.09. The second-order valence-electron chi connectivity index (χ2n) is 3.05. The van der Waals surface area contributed by atoms with Crippen LogP contribution in [0.25, 0.3) is 0 Å². The first-order valence-electron chi connectivity index (χ1n) is 3.92.